The van der Waals surface area contributed by atoms with Crippen molar-refractivity contribution in [3.8, 4) is 0 Å². The molecular weight excluding hydrogens is 218 g/mol. The Hall–Kier alpha value is -2.37. The van der Waals surface area contributed by atoms with Gasteiger partial charge in [0, 0.05) is 7.05 Å². The number of carbonyl (C=O) groups is 1. The van der Waals surface area contributed by atoms with Crippen molar-refractivity contribution in [2.75, 3.05) is 11.1 Å². The standard InChI is InChI=1S/C11H13N5O/c1-7-3-4-8(12)9(5-7)13-11(17)10-6-16(2)15-14-10/h3-6H,12H2,1-2H3,(H,13,17). The fraction of sp³-hybridized carbons (Fsp3) is 0.182. The monoisotopic (exact) mass is 231 g/mol. The first kappa shape index (κ1) is 11.1. The second kappa shape index (κ2) is 4.25. The van der Waals surface area contributed by atoms with E-state index in [1.54, 1.807) is 19.3 Å². The van der Waals surface area contributed by atoms with Gasteiger partial charge in [-0.3, -0.25) is 9.48 Å². The van der Waals surface area contributed by atoms with Crippen molar-refractivity contribution in [1.82, 2.24) is 15.0 Å². The van der Waals surface area contributed by atoms with Gasteiger partial charge in [-0.25, -0.2) is 0 Å². The zero-order chi connectivity index (χ0) is 12.4. The molecule has 0 radical (unpaired) electrons. The Bertz CT molecular complexity index is 561. The summed E-state index contributed by atoms with van der Waals surface area (Å²) in [4.78, 5) is 11.8. The SMILES string of the molecule is Cc1ccc(N)c(NC(=O)c2cn(C)nn2)c1. The van der Waals surface area contributed by atoms with Crippen molar-refractivity contribution in [1.29, 1.82) is 0 Å². The van der Waals surface area contributed by atoms with Gasteiger partial charge in [0.05, 0.1) is 17.6 Å². The smallest absolute Gasteiger partial charge is 0.277 e. The lowest BCUT2D eigenvalue weighted by molar-refractivity contribution is 0.102. The lowest BCUT2D eigenvalue weighted by atomic mass is 10.2. The summed E-state index contributed by atoms with van der Waals surface area (Å²) in [5, 5.41) is 10.1. The van der Waals surface area contributed by atoms with E-state index < -0.39 is 0 Å². The molecule has 17 heavy (non-hydrogen) atoms. The van der Waals surface area contributed by atoms with E-state index in [-0.39, 0.29) is 11.6 Å². The van der Waals surface area contributed by atoms with Gasteiger partial charge in [0.25, 0.3) is 5.91 Å². The van der Waals surface area contributed by atoms with Crippen molar-refractivity contribution in [2.45, 2.75) is 6.92 Å². The molecule has 2 aromatic rings. The molecule has 0 aliphatic carbocycles. The van der Waals surface area contributed by atoms with Gasteiger partial charge in [-0.1, -0.05) is 11.3 Å². The normalized spacial score (nSPS) is 10.2. The van der Waals surface area contributed by atoms with E-state index in [9.17, 15) is 4.79 Å². The predicted molar refractivity (Wildman–Crippen MR) is 64.5 cm³/mol. The first-order chi connectivity index (χ1) is 8.06. The van der Waals surface area contributed by atoms with Crippen LogP contribution in [0.3, 0.4) is 0 Å². The number of nitrogens with zero attached hydrogens (tertiary/aromatic N) is 3. The number of amides is 1. The Labute approximate surface area is 98.4 Å². The highest BCUT2D eigenvalue weighted by molar-refractivity contribution is 6.04. The van der Waals surface area contributed by atoms with Crippen LogP contribution < -0.4 is 11.1 Å². The van der Waals surface area contributed by atoms with Gasteiger partial charge in [-0.2, -0.15) is 0 Å². The minimum Gasteiger partial charge on any atom is -0.397 e. The number of nitrogens with two attached hydrogens (primary N) is 1. The number of hydrogen-bond donors (Lipinski definition) is 2. The molecule has 1 aromatic carbocycles. The first-order valence-electron chi connectivity index (χ1n) is 5.10. The molecule has 2 rings (SSSR count). The number of nitrogen functional groups attached to an aromatic ring is 1. The predicted octanol–water partition coefficient (Wildman–Crippen LogP) is 0.958. The van der Waals surface area contributed by atoms with Crippen LogP contribution >= 0.6 is 0 Å². The minimum absolute atomic E-state index is 0.258. The van der Waals surface area contributed by atoms with Gasteiger partial charge >= 0.3 is 0 Å². The molecule has 88 valence electrons. The van der Waals surface area contributed by atoms with Gasteiger partial charge in [0.2, 0.25) is 0 Å². The summed E-state index contributed by atoms with van der Waals surface area (Å²) in [7, 11) is 1.70. The third kappa shape index (κ3) is 2.41. The molecule has 0 spiro atoms. The second-order valence-corrected chi connectivity index (χ2v) is 3.82. The lowest BCUT2D eigenvalue weighted by Crippen LogP contribution is -2.13. The summed E-state index contributed by atoms with van der Waals surface area (Å²) < 4.78 is 1.47. The topological polar surface area (TPSA) is 85.8 Å². The van der Waals surface area contributed by atoms with E-state index in [0.717, 1.165) is 5.56 Å². The fourth-order valence-electron chi connectivity index (χ4n) is 1.42. The average molecular weight is 231 g/mol. The number of benzene rings is 1. The summed E-state index contributed by atoms with van der Waals surface area (Å²) in [5.74, 6) is -0.324. The minimum atomic E-state index is -0.324. The molecule has 0 fully saturated rings. The summed E-state index contributed by atoms with van der Waals surface area (Å²) >= 11 is 0. The van der Waals surface area contributed by atoms with Crippen LogP contribution in [0.5, 0.6) is 0 Å². The van der Waals surface area contributed by atoms with Crippen LogP contribution in [0.25, 0.3) is 0 Å². The molecule has 6 heteroatoms. The Morgan fingerprint density at radius 3 is 2.88 bits per heavy atom. The Balaban J connectivity index is 2.21. The lowest BCUT2D eigenvalue weighted by Gasteiger charge is -2.07. The quantitative estimate of drug-likeness (QED) is 0.754. The number of nitrogens with one attached hydrogen (secondary N) is 1. The molecule has 1 heterocycles. The maximum Gasteiger partial charge on any atom is 0.277 e. The first-order valence-corrected chi connectivity index (χ1v) is 5.10. The summed E-state index contributed by atoms with van der Waals surface area (Å²) in [6.07, 6.45) is 1.54. The van der Waals surface area contributed by atoms with Crippen molar-refractivity contribution in [3.05, 3.63) is 35.7 Å². The number of anilines is 2. The number of aryl methyl sites for hydroxylation is 2. The van der Waals surface area contributed by atoms with Crippen molar-refractivity contribution in [2.24, 2.45) is 7.05 Å². The molecule has 0 bridgehead atoms. The fourth-order valence-corrected chi connectivity index (χ4v) is 1.42. The zero-order valence-electron chi connectivity index (χ0n) is 9.64. The maximum atomic E-state index is 11.8. The number of hydrogen-bond acceptors (Lipinski definition) is 4. The molecule has 0 aliphatic rings. The van der Waals surface area contributed by atoms with Crippen molar-refractivity contribution >= 4 is 17.3 Å². The van der Waals surface area contributed by atoms with E-state index in [1.807, 2.05) is 19.1 Å². The Morgan fingerprint density at radius 1 is 1.47 bits per heavy atom. The van der Waals surface area contributed by atoms with E-state index in [1.165, 1.54) is 4.68 Å². The summed E-state index contributed by atoms with van der Waals surface area (Å²) in [6.45, 7) is 1.93. The van der Waals surface area contributed by atoms with Crippen LogP contribution in [0.4, 0.5) is 11.4 Å². The van der Waals surface area contributed by atoms with Crippen molar-refractivity contribution < 1.29 is 4.79 Å². The number of carbonyl (C=O) groups excluding carboxylic acids is 1. The molecule has 0 saturated heterocycles. The van der Waals surface area contributed by atoms with Gasteiger partial charge in [-0.15, -0.1) is 5.10 Å². The molecule has 1 amide bonds. The Morgan fingerprint density at radius 2 is 2.24 bits per heavy atom. The highest BCUT2D eigenvalue weighted by atomic mass is 16.2. The van der Waals surface area contributed by atoms with Gasteiger partial charge in [0.15, 0.2) is 5.69 Å². The molecule has 6 nitrogen and oxygen atoms in total. The molecule has 0 atom stereocenters. The Kier molecular flexibility index (Phi) is 2.78. The van der Waals surface area contributed by atoms with E-state index in [4.69, 9.17) is 5.73 Å². The highest BCUT2D eigenvalue weighted by Gasteiger charge is 2.11. The van der Waals surface area contributed by atoms with Gasteiger partial charge in [0.1, 0.15) is 0 Å². The molecule has 3 N–H and O–H groups in total. The molecular formula is C11H13N5O. The maximum absolute atomic E-state index is 11.8. The van der Waals surface area contributed by atoms with Gasteiger partial charge < -0.3 is 11.1 Å². The van der Waals surface area contributed by atoms with Crippen LogP contribution in [0, 0.1) is 6.92 Å². The number of aromatic nitrogens is 3. The van der Waals surface area contributed by atoms with E-state index in [0.29, 0.717) is 11.4 Å². The third-order valence-electron chi connectivity index (χ3n) is 2.29. The van der Waals surface area contributed by atoms with Crippen LogP contribution in [-0.4, -0.2) is 20.9 Å². The van der Waals surface area contributed by atoms with E-state index in [2.05, 4.69) is 15.6 Å². The van der Waals surface area contributed by atoms with Gasteiger partial charge in [-0.05, 0) is 24.6 Å². The molecule has 0 saturated carbocycles. The van der Waals surface area contributed by atoms with Crippen LogP contribution in [0.15, 0.2) is 24.4 Å². The van der Waals surface area contributed by atoms with Crippen LogP contribution in [0.1, 0.15) is 16.1 Å². The van der Waals surface area contributed by atoms with Crippen LogP contribution in [0.2, 0.25) is 0 Å². The largest absolute Gasteiger partial charge is 0.397 e. The molecule has 1 aromatic heterocycles. The van der Waals surface area contributed by atoms with E-state index >= 15 is 0 Å². The molecule has 0 unspecified atom stereocenters. The second-order valence-electron chi connectivity index (χ2n) is 3.82. The molecule has 0 aliphatic heterocycles. The van der Waals surface area contributed by atoms with Crippen LogP contribution in [-0.2, 0) is 7.05 Å². The number of rotatable bonds is 2. The average Bonchev–Trinajstić information content (AvgIpc) is 2.70. The highest BCUT2D eigenvalue weighted by Crippen LogP contribution is 2.19. The zero-order valence-corrected chi connectivity index (χ0v) is 9.64. The van der Waals surface area contributed by atoms with Crippen molar-refractivity contribution in [3.63, 3.8) is 0 Å². The third-order valence-corrected chi connectivity index (χ3v) is 2.29. The summed E-state index contributed by atoms with van der Waals surface area (Å²) in [6, 6.07) is 5.44. The summed E-state index contributed by atoms with van der Waals surface area (Å²) in [5.41, 5.74) is 8.15.